The number of hydrogen-bond donors (Lipinski definition) is 5. The Bertz CT molecular complexity index is 1540. The van der Waals surface area contributed by atoms with Gasteiger partial charge in [0.25, 0.3) is 0 Å². The molecule has 0 spiro atoms. The van der Waals surface area contributed by atoms with Crippen LogP contribution < -0.4 is 21.7 Å². The smallest absolute Gasteiger partial charge is 0.243 e. The van der Waals surface area contributed by atoms with Gasteiger partial charge in [-0.1, -0.05) is 43.3 Å². The number of amides is 1. The van der Waals surface area contributed by atoms with Crippen molar-refractivity contribution >= 4 is 43.0 Å². The van der Waals surface area contributed by atoms with Crippen molar-refractivity contribution < 1.29 is 26.8 Å². The molecule has 13 heteroatoms. The minimum atomic E-state index is -3.95. The van der Waals surface area contributed by atoms with E-state index in [9.17, 15) is 26.8 Å². The van der Waals surface area contributed by atoms with Gasteiger partial charge in [0.15, 0.2) is 0 Å². The van der Waals surface area contributed by atoms with Gasteiger partial charge in [-0.15, -0.1) is 0 Å². The van der Waals surface area contributed by atoms with Crippen molar-refractivity contribution in [2.24, 2.45) is 5.14 Å². The highest BCUT2D eigenvalue weighted by molar-refractivity contribution is 7.89. The zero-order valence-electron chi connectivity index (χ0n) is 21.2. The first-order chi connectivity index (χ1) is 17.8. The maximum absolute atomic E-state index is 13.4. The first-order valence-corrected chi connectivity index (χ1v) is 14.9. The normalized spacial score (nSPS) is 12.8. The number of carbonyl (C=O) groups excluding carboxylic acids is 1. The Kier molecular flexibility index (Phi) is 8.79. The largest absolute Gasteiger partial charge is 0.397 e. The van der Waals surface area contributed by atoms with Gasteiger partial charge in [0.2, 0.25) is 26.0 Å². The van der Waals surface area contributed by atoms with Crippen LogP contribution in [0.2, 0.25) is 0 Å². The predicted octanol–water partition coefficient (Wildman–Crippen LogP) is 2.52. The number of primary sulfonamides is 1. The Morgan fingerprint density at radius 1 is 1.03 bits per heavy atom. The number of sulfonamides is 2. The van der Waals surface area contributed by atoms with Gasteiger partial charge in [0, 0.05) is 17.8 Å². The number of nitrogen functional groups attached to an aromatic ring is 1. The van der Waals surface area contributed by atoms with E-state index < -0.39 is 32.0 Å². The molecule has 3 rings (SSSR count). The third-order valence-electron chi connectivity index (χ3n) is 6.21. The van der Waals surface area contributed by atoms with Crippen LogP contribution in [0.4, 0.5) is 17.1 Å². The van der Waals surface area contributed by atoms with Crippen molar-refractivity contribution in [2.45, 2.75) is 31.2 Å². The summed E-state index contributed by atoms with van der Waals surface area (Å²) < 4.78 is 50.1. The van der Waals surface area contributed by atoms with Gasteiger partial charge in [-0.05, 0) is 54.3 Å². The number of carbonyl (C=O) groups is 1. The molecule has 0 aliphatic heterocycles. The summed E-state index contributed by atoms with van der Waals surface area (Å²) in [5.41, 5.74) is 11.3. The van der Waals surface area contributed by atoms with Crippen molar-refractivity contribution in [3.05, 3.63) is 71.8 Å². The molecule has 11 nitrogen and oxygen atoms in total. The van der Waals surface area contributed by atoms with E-state index >= 15 is 0 Å². The quantitative estimate of drug-likeness (QED) is 0.185. The van der Waals surface area contributed by atoms with Crippen molar-refractivity contribution in [1.82, 2.24) is 4.31 Å². The lowest BCUT2D eigenvalue weighted by atomic mass is 9.98. The van der Waals surface area contributed by atoms with Crippen molar-refractivity contribution in [3.8, 4) is 11.1 Å². The molecule has 0 saturated carbocycles. The molecular weight excluding hydrogens is 530 g/mol. The highest BCUT2D eigenvalue weighted by Gasteiger charge is 2.32. The molecule has 1 atom stereocenters. The summed E-state index contributed by atoms with van der Waals surface area (Å²) in [5.74, 6) is -0.558. The number of hydrogen-bond acceptors (Lipinski definition) is 8. The number of rotatable bonds is 10. The summed E-state index contributed by atoms with van der Waals surface area (Å²) in [6, 6.07) is 14.9. The topological polar surface area (TPSA) is 185 Å². The van der Waals surface area contributed by atoms with E-state index in [2.05, 4.69) is 5.32 Å². The van der Waals surface area contributed by atoms with Crippen molar-refractivity contribution in [1.29, 1.82) is 0 Å². The maximum atomic E-state index is 13.4. The number of nitrogens with two attached hydrogens (primary N) is 2. The summed E-state index contributed by atoms with van der Waals surface area (Å²) in [7, 11) is -7.70. The lowest BCUT2D eigenvalue weighted by Gasteiger charge is -2.28. The summed E-state index contributed by atoms with van der Waals surface area (Å²) in [6.45, 7) is 3.42. The van der Waals surface area contributed by atoms with Crippen LogP contribution in [0, 0.1) is 6.92 Å². The Morgan fingerprint density at radius 2 is 1.66 bits per heavy atom. The summed E-state index contributed by atoms with van der Waals surface area (Å²) >= 11 is 0. The van der Waals surface area contributed by atoms with Crippen LogP contribution in [-0.4, -0.2) is 51.1 Å². The molecule has 0 fully saturated rings. The Balaban J connectivity index is 1.93. The number of anilines is 3. The molecule has 0 unspecified atom stereocenters. The molecule has 7 N–H and O–H groups in total. The molecule has 38 heavy (non-hydrogen) atoms. The number of nitrogens with zero attached hydrogens (tertiary/aromatic N) is 1. The standard InChI is InChI=1S/C25H31N5O6S2/c1-4-30(37(3,33)34)22(15-18-11-14-21(29-32)24(26)16(18)2)25(31)28-19-12-9-17(10-13-19)20-7-5-6-8-23(20)38(27,35)36/h5-14,22,29,32H,4,15,26H2,1-3H3,(H,28,31)(H2,27,35,36)/t22-/m0/s1. The van der Waals surface area contributed by atoms with Crippen LogP contribution in [0.3, 0.4) is 0 Å². The van der Waals surface area contributed by atoms with E-state index in [1.54, 1.807) is 68.4 Å². The zero-order chi connectivity index (χ0) is 28.3. The van der Waals surface area contributed by atoms with Gasteiger partial charge >= 0.3 is 0 Å². The minimum absolute atomic E-state index is 0.0272. The average molecular weight is 562 g/mol. The molecule has 0 aliphatic carbocycles. The molecule has 3 aromatic carbocycles. The Hall–Kier alpha value is -3.49. The van der Waals surface area contributed by atoms with Gasteiger partial charge in [-0.25, -0.2) is 22.0 Å². The van der Waals surface area contributed by atoms with Gasteiger partial charge in [0.1, 0.15) is 6.04 Å². The van der Waals surface area contributed by atoms with Crippen LogP contribution in [0.5, 0.6) is 0 Å². The van der Waals surface area contributed by atoms with Crippen LogP contribution in [-0.2, 0) is 31.3 Å². The second kappa shape index (κ2) is 11.5. The fourth-order valence-electron chi connectivity index (χ4n) is 4.22. The summed E-state index contributed by atoms with van der Waals surface area (Å²) in [6.07, 6.45) is 1.07. The molecule has 0 saturated heterocycles. The molecule has 3 aromatic rings. The van der Waals surface area contributed by atoms with Crippen LogP contribution in [0.15, 0.2) is 65.6 Å². The molecule has 0 aliphatic rings. The van der Waals surface area contributed by atoms with Crippen molar-refractivity contribution in [3.63, 3.8) is 0 Å². The molecule has 1 amide bonds. The van der Waals surface area contributed by atoms with E-state index in [0.717, 1.165) is 10.6 Å². The highest BCUT2D eigenvalue weighted by Crippen LogP contribution is 2.29. The van der Waals surface area contributed by atoms with E-state index in [1.807, 2.05) is 5.48 Å². The molecule has 0 radical (unpaired) electrons. The predicted molar refractivity (Wildman–Crippen MR) is 148 cm³/mol. The van der Waals surface area contributed by atoms with Gasteiger partial charge in [-0.2, -0.15) is 4.31 Å². The third-order valence-corrected chi connectivity index (χ3v) is 8.54. The SMILES string of the molecule is CCN([C@@H](Cc1ccc(NO)c(N)c1C)C(=O)Nc1ccc(-c2ccccc2S(N)(=O)=O)cc1)S(C)(=O)=O. The van der Waals surface area contributed by atoms with E-state index in [1.165, 1.54) is 6.07 Å². The second-order valence-corrected chi connectivity index (χ2v) is 12.2. The molecule has 0 aromatic heterocycles. The summed E-state index contributed by atoms with van der Waals surface area (Å²) in [4.78, 5) is 13.4. The fraction of sp³-hybridized carbons (Fsp3) is 0.240. The molecular formula is C25H31N5O6S2. The van der Waals surface area contributed by atoms with Gasteiger partial charge in [0.05, 0.1) is 22.5 Å². The first-order valence-electron chi connectivity index (χ1n) is 11.6. The van der Waals surface area contributed by atoms with Crippen LogP contribution in [0.25, 0.3) is 11.1 Å². The zero-order valence-corrected chi connectivity index (χ0v) is 22.8. The van der Waals surface area contributed by atoms with E-state index in [-0.39, 0.29) is 23.5 Å². The van der Waals surface area contributed by atoms with Crippen molar-refractivity contribution in [2.75, 3.05) is 29.3 Å². The van der Waals surface area contributed by atoms with Crippen LogP contribution in [0.1, 0.15) is 18.1 Å². The lowest BCUT2D eigenvalue weighted by Crippen LogP contribution is -2.48. The number of nitrogens with one attached hydrogen (secondary N) is 2. The lowest BCUT2D eigenvalue weighted by molar-refractivity contribution is -0.119. The van der Waals surface area contributed by atoms with E-state index in [4.69, 9.17) is 10.9 Å². The Labute approximate surface area is 222 Å². The third kappa shape index (κ3) is 6.49. The van der Waals surface area contributed by atoms with Gasteiger partial charge in [-0.3, -0.25) is 15.5 Å². The minimum Gasteiger partial charge on any atom is -0.397 e. The Morgan fingerprint density at radius 3 is 2.21 bits per heavy atom. The molecule has 0 heterocycles. The summed E-state index contributed by atoms with van der Waals surface area (Å²) in [5, 5.41) is 17.3. The van der Waals surface area contributed by atoms with Gasteiger partial charge < -0.3 is 11.1 Å². The maximum Gasteiger partial charge on any atom is 0.243 e. The first kappa shape index (κ1) is 29.1. The second-order valence-electron chi connectivity index (χ2n) is 8.72. The monoisotopic (exact) mass is 561 g/mol. The fourth-order valence-corrected chi connectivity index (χ4v) is 6.09. The number of benzene rings is 3. The average Bonchev–Trinajstić information content (AvgIpc) is 2.85. The highest BCUT2D eigenvalue weighted by atomic mass is 32.2. The molecule has 204 valence electrons. The van der Waals surface area contributed by atoms with Crippen LogP contribution >= 0.6 is 0 Å². The molecule has 0 bridgehead atoms. The van der Waals surface area contributed by atoms with E-state index in [0.29, 0.717) is 33.6 Å². The number of likely N-dealkylation sites (N-methyl/N-ethyl adjacent to an activating group) is 1.